The smallest absolute Gasteiger partial charge is 0.328 e. The van der Waals surface area contributed by atoms with Crippen LogP contribution in [0.4, 0.5) is 4.39 Å². The molecule has 0 heterocycles. The molecule has 0 saturated heterocycles. The average Bonchev–Trinajstić information content (AvgIpc) is 2.64. The lowest BCUT2D eigenvalue weighted by Gasteiger charge is -2.29. The van der Waals surface area contributed by atoms with Crippen LogP contribution in [0.25, 0.3) is 0 Å². The molecule has 1 aromatic carbocycles. The van der Waals surface area contributed by atoms with Crippen molar-refractivity contribution >= 4 is 23.6 Å². The second-order valence-electron chi connectivity index (χ2n) is 6.99. The van der Waals surface area contributed by atoms with Crippen LogP contribution in [-0.2, 0) is 30.3 Å². The third kappa shape index (κ3) is 6.14. The summed E-state index contributed by atoms with van der Waals surface area (Å²) in [7, 11) is 1.21. The van der Waals surface area contributed by atoms with E-state index in [0.717, 1.165) is 0 Å². The first-order chi connectivity index (χ1) is 13.3. The molecule has 152 valence electrons. The quantitative estimate of drug-likeness (QED) is 0.681. The third-order valence-electron chi connectivity index (χ3n) is 4.77. The van der Waals surface area contributed by atoms with Crippen molar-refractivity contribution in [2.24, 2.45) is 5.92 Å². The number of ether oxygens (including phenoxy) is 1. The van der Waals surface area contributed by atoms with Gasteiger partial charge in [0.1, 0.15) is 23.7 Å². The molecule has 0 aliphatic heterocycles. The first-order valence-corrected chi connectivity index (χ1v) is 9.21. The van der Waals surface area contributed by atoms with E-state index >= 15 is 0 Å². The van der Waals surface area contributed by atoms with E-state index in [1.807, 2.05) is 0 Å². The number of Topliss-reactive ketones (excluding diaryl/α,β-unsaturated/α-hetero) is 1. The van der Waals surface area contributed by atoms with E-state index in [0.29, 0.717) is 24.8 Å². The van der Waals surface area contributed by atoms with Gasteiger partial charge in [-0.3, -0.25) is 14.4 Å². The zero-order valence-electron chi connectivity index (χ0n) is 16.0. The Bertz CT molecular complexity index is 752. The Hall–Kier alpha value is -2.77. The molecule has 0 spiro atoms. The molecule has 3 atom stereocenters. The standard InChI is InChI=1S/C20H25FN2O5/c1-12(24)22-17(10-13-5-3-7-15(21)9-13)19(26)23-18(20(27)28-2)14-6-4-8-16(25)11-14/h3,5,7,9,14,17-18H,4,6,8,10-11H2,1-2H3,(H,22,24)(H,23,26)/t14-,17-,18-/m1/s1. The molecule has 1 aromatic rings. The van der Waals surface area contributed by atoms with Gasteiger partial charge in [-0.05, 0) is 36.5 Å². The monoisotopic (exact) mass is 392 g/mol. The largest absolute Gasteiger partial charge is 0.467 e. The highest BCUT2D eigenvalue weighted by molar-refractivity contribution is 5.91. The number of nitrogens with one attached hydrogen (secondary N) is 2. The van der Waals surface area contributed by atoms with E-state index in [1.54, 1.807) is 6.07 Å². The van der Waals surface area contributed by atoms with Crippen LogP contribution in [-0.4, -0.2) is 42.8 Å². The number of ketones is 1. The maximum atomic E-state index is 13.4. The number of rotatable bonds is 7. The predicted molar refractivity (Wildman–Crippen MR) is 98.6 cm³/mol. The summed E-state index contributed by atoms with van der Waals surface area (Å²) in [5.41, 5.74) is 0.524. The molecule has 0 bridgehead atoms. The lowest BCUT2D eigenvalue weighted by Crippen LogP contribution is -2.55. The Labute approximate surface area is 163 Å². The lowest BCUT2D eigenvalue weighted by molar-refractivity contribution is -0.147. The molecule has 28 heavy (non-hydrogen) atoms. The maximum Gasteiger partial charge on any atom is 0.328 e. The number of hydrogen-bond donors (Lipinski definition) is 2. The minimum atomic E-state index is -0.995. The number of methoxy groups -OCH3 is 1. The topological polar surface area (TPSA) is 102 Å². The molecule has 2 amide bonds. The van der Waals surface area contributed by atoms with Crippen molar-refractivity contribution in [1.82, 2.24) is 10.6 Å². The van der Waals surface area contributed by atoms with Crippen molar-refractivity contribution in [3.8, 4) is 0 Å². The summed E-state index contributed by atoms with van der Waals surface area (Å²) in [5.74, 6) is -2.43. The molecule has 2 N–H and O–H groups in total. The highest BCUT2D eigenvalue weighted by Gasteiger charge is 2.35. The molecule has 2 rings (SSSR count). The van der Waals surface area contributed by atoms with Gasteiger partial charge >= 0.3 is 5.97 Å². The molecule has 1 aliphatic carbocycles. The Balaban J connectivity index is 2.16. The fourth-order valence-corrected chi connectivity index (χ4v) is 3.45. The summed E-state index contributed by atoms with van der Waals surface area (Å²) in [5, 5.41) is 5.15. The van der Waals surface area contributed by atoms with Crippen molar-refractivity contribution in [1.29, 1.82) is 0 Å². The Kier molecular flexibility index (Phi) is 7.66. The summed E-state index contributed by atoms with van der Waals surface area (Å²) in [6.07, 6.45) is 1.97. The molecule has 0 radical (unpaired) electrons. The maximum absolute atomic E-state index is 13.4. The Morgan fingerprint density at radius 1 is 1.29 bits per heavy atom. The fraction of sp³-hybridized carbons (Fsp3) is 0.500. The van der Waals surface area contributed by atoms with Crippen LogP contribution in [0, 0.1) is 11.7 Å². The predicted octanol–water partition coefficient (Wildman–Crippen LogP) is 1.29. The Morgan fingerprint density at radius 2 is 2.04 bits per heavy atom. The van der Waals surface area contributed by atoms with Gasteiger partial charge in [0.15, 0.2) is 0 Å². The van der Waals surface area contributed by atoms with Crippen LogP contribution in [0.5, 0.6) is 0 Å². The average molecular weight is 392 g/mol. The summed E-state index contributed by atoms with van der Waals surface area (Å²) >= 11 is 0. The molecular formula is C20H25FN2O5. The van der Waals surface area contributed by atoms with Gasteiger partial charge < -0.3 is 15.4 Å². The highest BCUT2D eigenvalue weighted by atomic mass is 19.1. The van der Waals surface area contributed by atoms with Gasteiger partial charge in [0.05, 0.1) is 7.11 Å². The summed E-state index contributed by atoms with van der Waals surface area (Å²) in [6, 6.07) is 3.74. The van der Waals surface area contributed by atoms with Crippen molar-refractivity contribution in [3.05, 3.63) is 35.6 Å². The number of carbonyl (C=O) groups excluding carboxylic acids is 4. The van der Waals surface area contributed by atoms with Crippen LogP contribution in [0.1, 0.15) is 38.2 Å². The van der Waals surface area contributed by atoms with Gasteiger partial charge in [-0.2, -0.15) is 0 Å². The molecule has 1 fully saturated rings. The van der Waals surface area contributed by atoms with E-state index in [1.165, 1.54) is 32.2 Å². The SMILES string of the molecule is COC(=O)[C@H](NC(=O)[C@@H](Cc1cccc(F)c1)NC(C)=O)[C@@H]1CCCC(=O)C1. The first-order valence-electron chi connectivity index (χ1n) is 9.21. The molecular weight excluding hydrogens is 367 g/mol. The number of carbonyl (C=O) groups is 4. The van der Waals surface area contributed by atoms with E-state index in [2.05, 4.69) is 10.6 Å². The van der Waals surface area contributed by atoms with Gasteiger partial charge in [-0.25, -0.2) is 9.18 Å². The third-order valence-corrected chi connectivity index (χ3v) is 4.77. The molecule has 8 heteroatoms. The van der Waals surface area contributed by atoms with E-state index in [9.17, 15) is 23.6 Å². The highest BCUT2D eigenvalue weighted by Crippen LogP contribution is 2.25. The van der Waals surface area contributed by atoms with Gasteiger partial charge in [0.2, 0.25) is 11.8 Å². The number of amides is 2. The summed E-state index contributed by atoms with van der Waals surface area (Å²) < 4.78 is 18.2. The van der Waals surface area contributed by atoms with Crippen LogP contribution >= 0.6 is 0 Å². The Morgan fingerprint density at radius 3 is 2.64 bits per heavy atom. The van der Waals surface area contributed by atoms with Crippen LogP contribution in [0.15, 0.2) is 24.3 Å². The van der Waals surface area contributed by atoms with Gasteiger partial charge in [0, 0.05) is 26.2 Å². The van der Waals surface area contributed by atoms with Crippen LogP contribution < -0.4 is 10.6 Å². The number of benzene rings is 1. The van der Waals surface area contributed by atoms with Gasteiger partial charge in [-0.15, -0.1) is 0 Å². The first kappa shape index (κ1) is 21.5. The van der Waals surface area contributed by atoms with Gasteiger partial charge in [-0.1, -0.05) is 12.1 Å². The molecule has 1 saturated carbocycles. The molecule has 7 nitrogen and oxygen atoms in total. The van der Waals surface area contributed by atoms with Crippen LogP contribution in [0.2, 0.25) is 0 Å². The minimum Gasteiger partial charge on any atom is -0.467 e. The minimum absolute atomic E-state index is 0.0394. The second-order valence-corrected chi connectivity index (χ2v) is 6.99. The fourth-order valence-electron chi connectivity index (χ4n) is 3.45. The summed E-state index contributed by atoms with van der Waals surface area (Å²) in [6.45, 7) is 1.27. The van der Waals surface area contributed by atoms with Gasteiger partial charge in [0.25, 0.3) is 0 Å². The van der Waals surface area contributed by atoms with Crippen LogP contribution in [0.3, 0.4) is 0 Å². The lowest BCUT2D eigenvalue weighted by atomic mass is 9.83. The van der Waals surface area contributed by atoms with Crippen molar-refractivity contribution in [2.75, 3.05) is 7.11 Å². The van der Waals surface area contributed by atoms with Crippen molar-refractivity contribution < 1.29 is 28.3 Å². The normalized spacial score (nSPS) is 18.7. The molecule has 0 unspecified atom stereocenters. The van der Waals surface area contributed by atoms with Crippen molar-refractivity contribution in [3.63, 3.8) is 0 Å². The number of esters is 1. The van der Waals surface area contributed by atoms with E-state index < -0.39 is 35.7 Å². The number of halogens is 1. The number of hydrogen-bond acceptors (Lipinski definition) is 5. The van der Waals surface area contributed by atoms with Crippen molar-refractivity contribution in [2.45, 2.75) is 51.1 Å². The molecule has 0 aromatic heterocycles. The summed E-state index contributed by atoms with van der Waals surface area (Å²) in [4.78, 5) is 48.3. The molecule has 1 aliphatic rings. The zero-order valence-corrected chi connectivity index (χ0v) is 16.0. The zero-order chi connectivity index (χ0) is 20.7. The van der Waals surface area contributed by atoms with E-state index in [-0.39, 0.29) is 24.5 Å². The second kappa shape index (κ2) is 9.96. The van der Waals surface area contributed by atoms with E-state index in [4.69, 9.17) is 4.74 Å².